The highest BCUT2D eigenvalue weighted by Gasteiger charge is 2.48. The van der Waals surface area contributed by atoms with Crippen LogP contribution < -0.4 is 31.7 Å². The average Bonchev–Trinajstić information content (AvgIpc) is 3.28. The van der Waals surface area contributed by atoms with Crippen LogP contribution in [0.5, 0.6) is 0 Å². The van der Waals surface area contributed by atoms with Gasteiger partial charge in [-0.15, -0.1) is 5.53 Å². The lowest BCUT2D eigenvalue weighted by Crippen LogP contribution is -2.41. The lowest BCUT2D eigenvalue weighted by molar-refractivity contribution is 0.102. The summed E-state index contributed by atoms with van der Waals surface area (Å²) in [5, 5.41) is 8.93. The molecule has 1 saturated heterocycles. The summed E-state index contributed by atoms with van der Waals surface area (Å²) in [6.07, 6.45) is 3.52. The topological polar surface area (TPSA) is 94.5 Å². The Morgan fingerprint density at radius 2 is 1.81 bits per heavy atom. The zero-order chi connectivity index (χ0) is 25.9. The molecule has 6 rings (SSSR count). The van der Waals surface area contributed by atoms with E-state index in [1.165, 1.54) is 25.0 Å². The summed E-state index contributed by atoms with van der Waals surface area (Å²) in [4.78, 5) is 28.0. The maximum atomic E-state index is 14.3. The third-order valence-electron chi connectivity index (χ3n) is 7.38. The van der Waals surface area contributed by atoms with Crippen LogP contribution in [-0.2, 0) is 0 Å². The number of hydrogen-bond donors (Lipinski definition) is 3. The fourth-order valence-corrected chi connectivity index (χ4v) is 5.20. The normalized spacial score (nSPS) is 17.3. The molecule has 2 aromatic carbocycles. The number of carbonyl (C=O) groups excluding carboxylic acids is 1. The third-order valence-corrected chi connectivity index (χ3v) is 7.38. The molecule has 9 nitrogen and oxygen atoms in total. The van der Waals surface area contributed by atoms with Crippen molar-refractivity contribution < 1.29 is 13.6 Å². The van der Waals surface area contributed by atoms with Crippen molar-refractivity contribution in [2.75, 3.05) is 33.7 Å². The van der Waals surface area contributed by atoms with Gasteiger partial charge in [-0.3, -0.25) is 20.0 Å². The SMILES string of the molecule is CC(C)N1NNc2c1ccc(NC(=O)c1ccc(=O)n(-c3c(F)cccc3F)n1)c2N1CCC2(CC2)C1. The summed E-state index contributed by atoms with van der Waals surface area (Å²) >= 11 is 0. The van der Waals surface area contributed by atoms with Gasteiger partial charge in [-0.1, -0.05) is 6.07 Å². The number of hydrogen-bond acceptors (Lipinski definition) is 7. The number of anilines is 4. The molecule has 37 heavy (non-hydrogen) atoms. The molecule has 1 amide bonds. The summed E-state index contributed by atoms with van der Waals surface area (Å²) in [5.74, 6) is -2.51. The lowest BCUT2D eigenvalue weighted by Gasteiger charge is -2.26. The molecule has 0 bridgehead atoms. The smallest absolute Gasteiger partial charge is 0.276 e. The van der Waals surface area contributed by atoms with Gasteiger partial charge in [-0.05, 0) is 68.9 Å². The summed E-state index contributed by atoms with van der Waals surface area (Å²) in [7, 11) is 0. The van der Waals surface area contributed by atoms with Crippen molar-refractivity contribution in [3.8, 4) is 5.69 Å². The van der Waals surface area contributed by atoms with E-state index in [0.717, 1.165) is 54.8 Å². The Kier molecular flexibility index (Phi) is 5.41. The monoisotopic (exact) mass is 507 g/mol. The van der Waals surface area contributed by atoms with Crippen LogP contribution in [0.4, 0.5) is 31.5 Å². The second-order valence-electron chi connectivity index (χ2n) is 10.2. The molecule has 3 heterocycles. The number of halogens is 2. The van der Waals surface area contributed by atoms with Gasteiger partial charge in [0.2, 0.25) is 0 Å². The summed E-state index contributed by atoms with van der Waals surface area (Å²) < 4.78 is 29.3. The molecule has 1 aliphatic carbocycles. The van der Waals surface area contributed by atoms with Crippen LogP contribution in [0.25, 0.3) is 5.69 Å². The second kappa shape index (κ2) is 8.55. The number of carbonyl (C=O) groups is 1. The number of rotatable bonds is 5. The number of amides is 1. The van der Waals surface area contributed by atoms with Crippen molar-refractivity contribution in [2.24, 2.45) is 5.41 Å². The van der Waals surface area contributed by atoms with Gasteiger partial charge in [0.15, 0.2) is 11.6 Å². The number of para-hydroxylation sites is 1. The van der Waals surface area contributed by atoms with E-state index in [1.54, 1.807) is 0 Å². The van der Waals surface area contributed by atoms with Gasteiger partial charge in [0.1, 0.15) is 17.1 Å². The number of hydrazine groups is 2. The van der Waals surface area contributed by atoms with E-state index in [2.05, 4.69) is 40.1 Å². The Labute approximate surface area is 212 Å². The molecule has 0 radical (unpaired) electrons. The molecular weight excluding hydrogens is 480 g/mol. The van der Waals surface area contributed by atoms with Gasteiger partial charge < -0.3 is 10.2 Å². The molecule has 3 N–H and O–H groups in total. The number of nitrogens with zero attached hydrogens (tertiary/aromatic N) is 4. The molecule has 11 heteroatoms. The van der Waals surface area contributed by atoms with E-state index in [0.29, 0.717) is 15.8 Å². The predicted molar refractivity (Wildman–Crippen MR) is 137 cm³/mol. The molecule has 0 unspecified atom stereocenters. The highest BCUT2D eigenvalue weighted by atomic mass is 19.1. The quantitative estimate of drug-likeness (QED) is 0.484. The Morgan fingerprint density at radius 3 is 2.49 bits per heavy atom. The highest BCUT2D eigenvalue weighted by Crippen LogP contribution is 2.55. The highest BCUT2D eigenvalue weighted by molar-refractivity contribution is 6.07. The third kappa shape index (κ3) is 3.99. The van der Waals surface area contributed by atoms with Gasteiger partial charge in [-0.2, -0.15) is 9.78 Å². The van der Waals surface area contributed by atoms with Crippen LogP contribution in [0.15, 0.2) is 47.3 Å². The maximum absolute atomic E-state index is 14.3. The zero-order valence-corrected chi connectivity index (χ0v) is 20.5. The molecule has 1 saturated carbocycles. The van der Waals surface area contributed by atoms with Crippen LogP contribution in [0.2, 0.25) is 0 Å². The maximum Gasteiger partial charge on any atom is 0.276 e. The van der Waals surface area contributed by atoms with Crippen LogP contribution >= 0.6 is 0 Å². The molecule has 0 atom stereocenters. The van der Waals surface area contributed by atoms with Gasteiger partial charge in [0.25, 0.3) is 11.5 Å². The number of fused-ring (bicyclic) bond motifs is 1. The molecule has 2 aliphatic heterocycles. The molecular formula is C26H27F2N7O2. The first-order valence-corrected chi connectivity index (χ1v) is 12.4. The minimum atomic E-state index is -0.954. The van der Waals surface area contributed by atoms with Gasteiger partial charge >= 0.3 is 0 Å². The number of nitrogens with one attached hydrogen (secondary N) is 3. The van der Waals surface area contributed by atoms with E-state index in [1.807, 2.05) is 17.1 Å². The van der Waals surface area contributed by atoms with Crippen LogP contribution in [0, 0.1) is 17.0 Å². The van der Waals surface area contributed by atoms with Gasteiger partial charge in [0, 0.05) is 25.2 Å². The van der Waals surface area contributed by atoms with Crippen molar-refractivity contribution in [3.63, 3.8) is 0 Å². The number of benzene rings is 2. The molecule has 2 fully saturated rings. The van der Waals surface area contributed by atoms with Crippen LogP contribution in [-0.4, -0.2) is 34.8 Å². The average molecular weight is 508 g/mol. The zero-order valence-electron chi connectivity index (χ0n) is 20.5. The Morgan fingerprint density at radius 1 is 1.05 bits per heavy atom. The predicted octanol–water partition coefficient (Wildman–Crippen LogP) is 3.81. The van der Waals surface area contributed by atoms with E-state index >= 15 is 0 Å². The van der Waals surface area contributed by atoms with Gasteiger partial charge in [0.05, 0.1) is 17.1 Å². The second-order valence-corrected chi connectivity index (χ2v) is 10.2. The van der Waals surface area contributed by atoms with Crippen LogP contribution in [0.1, 0.15) is 43.6 Å². The molecule has 3 aliphatic rings. The Bertz CT molecular complexity index is 1450. The van der Waals surface area contributed by atoms with E-state index in [-0.39, 0.29) is 11.7 Å². The van der Waals surface area contributed by atoms with E-state index in [9.17, 15) is 18.4 Å². The Balaban J connectivity index is 1.37. The van der Waals surface area contributed by atoms with E-state index in [4.69, 9.17) is 0 Å². The lowest BCUT2D eigenvalue weighted by atomic mass is 10.1. The van der Waals surface area contributed by atoms with Crippen molar-refractivity contribution in [2.45, 2.75) is 39.2 Å². The largest absolute Gasteiger partial charge is 0.367 e. The van der Waals surface area contributed by atoms with Gasteiger partial charge in [-0.25, -0.2) is 8.78 Å². The molecule has 1 aromatic heterocycles. The molecule has 192 valence electrons. The molecule has 3 aromatic rings. The van der Waals surface area contributed by atoms with Crippen LogP contribution in [0.3, 0.4) is 0 Å². The number of aromatic nitrogens is 2. The van der Waals surface area contributed by atoms with E-state index < -0.39 is 28.8 Å². The summed E-state index contributed by atoms with van der Waals surface area (Å²) in [6, 6.07) is 9.53. The fraction of sp³-hybridized carbons (Fsp3) is 0.346. The first-order valence-electron chi connectivity index (χ1n) is 12.4. The minimum Gasteiger partial charge on any atom is -0.367 e. The van der Waals surface area contributed by atoms with Crippen molar-refractivity contribution in [3.05, 3.63) is 70.1 Å². The molecule has 1 spiro atoms. The van der Waals surface area contributed by atoms with Crippen molar-refractivity contribution >= 4 is 28.7 Å². The first kappa shape index (κ1) is 23.4. The summed E-state index contributed by atoms with van der Waals surface area (Å²) in [5.41, 5.74) is 8.59. The summed E-state index contributed by atoms with van der Waals surface area (Å²) in [6.45, 7) is 5.93. The fourth-order valence-electron chi connectivity index (χ4n) is 5.20. The minimum absolute atomic E-state index is 0.149. The van der Waals surface area contributed by atoms with Crippen molar-refractivity contribution in [1.82, 2.24) is 15.3 Å². The first-order chi connectivity index (χ1) is 17.8. The standard InChI is InChI=1S/C26H27F2N7O2/c1-15(2)34-20-8-6-18(24(22(20)30-32-34)33-13-12-26(14-33)10-11-26)29-25(37)19-7-9-21(36)35(31-19)23-16(27)4-3-5-17(23)28/h3-9,15,30,32H,10-14H2,1-2H3,(H,29,37). The van der Waals surface area contributed by atoms with Crippen molar-refractivity contribution in [1.29, 1.82) is 0 Å². The Hall–Kier alpha value is -3.99.